The van der Waals surface area contributed by atoms with E-state index in [-0.39, 0.29) is 5.84 Å². The van der Waals surface area contributed by atoms with E-state index in [0.29, 0.717) is 17.4 Å². The molecule has 0 unspecified atom stereocenters. The van der Waals surface area contributed by atoms with E-state index >= 15 is 0 Å². The minimum atomic E-state index is 0.0668. The van der Waals surface area contributed by atoms with Gasteiger partial charge in [0.05, 0.1) is 13.7 Å². The number of fused-ring (bicyclic) bond motifs is 1. The summed E-state index contributed by atoms with van der Waals surface area (Å²) >= 11 is 1.63. The summed E-state index contributed by atoms with van der Waals surface area (Å²) < 4.78 is 16.6. The first-order valence-corrected chi connectivity index (χ1v) is 9.79. The molecule has 1 heterocycles. The maximum absolute atomic E-state index is 7.37. The Morgan fingerprint density at radius 2 is 1.89 bits per heavy atom. The summed E-state index contributed by atoms with van der Waals surface area (Å²) in [5, 5.41) is 8.06. The van der Waals surface area contributed by atoms with E-state index in [1.807, 2.05) is 30.3 Å². The molecule has 0 fully saturated rings. The molecule has 0 bridgehead atoms. The van der Waals surface area contributed by atoms with Crippen LogP contribution in [0.2, 0.25) is 0 Å². The normalized spacial score (nSPS) is 10.9. The number of amidine groups is 1. The van der Waals surface area contributed by atoms with Crippen molar-refractivity contribution in [3.05, 3.63) is 48.0 Å². The fourth-order valence-corrected chi connectivity index (χ4v) is 3.37. The van der Waals surface area contributed by atoms with E-state index in [0.717, 1.165) is 47.6 Å². The average molecular weight is 385 g/mol. The largest absolute Gasteiger partial charge is 0.497 e. The van der Waals surface area contributed by atoms with Crippen LogP contribution in [0.1, 0.15) is 24.8 Å². The molecule has 0 amide bonds. The lowest BCUT2D eigenvalue weighted by molar-refractivity contribution is 0.306. The zero-order valence-corrected chi connectivity index (χ0v) is 16.1. The number of oxazole rings is 1. The summed E-state index contributed by atoms with van der Waals surface area (Å²) in [4.78, 5) is 4.48. The minimum absolute atomic E-state index is 0.0668. The van der Waals surface area contributed by atoms with Gasteiger partial charge >= 0.3 is 0 Å². The van der Waals surface area contributed by atoms with Crippen LogP contribution in [0.4, 0.5) is 0 Å². The number of nitrogens with zero attached hydrogens (tertiary/aromatic N) is 1. The Morgan fingerprint density at radius 1 is 1.11 bits per heavy atom. The summed E-state index contributed by atoms with van der Waals surface area (Å²) in [6.07, 6.45) is 3.13. The lowest BCUT2D eigenvalue weighted by Gasteiger charge is -2.06. The maximum atomic E-state index is 7.37. The maximum Gasteiger partial charge on any atom is 0.256 e. The Labute approximate surface area is 162 Å². The monoisotopic (exact) mass is 385 g/mol. The van der Waals surface area contributed by atoms with Crippen LogP contribution in [-0.2, 0) is 0 Å². The fraction of sp³-hybridized carbons (Fsp3) is 0.300. The van der Waals surface area contributed by atoms with E-state index < -0.39 is 0 Å². The molecular formula is C20H23N3O3S. The smallest absolute Gasteiger partial charge is 0.256 e. The summed E-state index contributed by atoms with van der Waals surface area (Å²) in [5.74, 6) is 2.61. The Balaban J connectivity index is 1.33. The first kappa shape index (κ1) is 19.1. The number of methoxy groups -OCH3 is 1. The molecule has 0 aliphatic rings. The third-order valence-electron chi connectivity index (χ3n) is 4.02. The molecule has 0 saturated heterocycles. The van der Waals surface area contributed by atoms with Crippen molar-refractivity contribution in [2.45, 2.75) is 24.5 Å². The van der Waals surface area contributed by atoms with Crippen LogP contribution in [0.5, 0.6) is 11.5 Å². The highest BCUT2D eigenvalue weighted by Gasteiger charge is 2.07. The van der Waals surface area contributed by atoms with Crippen LogP contribution in [0.3, 0.4) is 0 Å². The molecule has 3 rings (SSSR count). The second kappa shape index (κ2) is 9.32. The van der Waals surface area contributed by atoms with Crippen LogP contribution < -0.4 is 15.2 Å². The number of unbranched alkanes of at least 4 members (excludes halogenated alkanes) is 2. The predicted octanol–water partition coefficient (Wildman–Crippen LogP) is 4.46. The van der Waals surface area contributed by atoms with Crippen molar-refractivity contribution in [3.63, 3.8) is 0 Å². The summed E-state index contributed by atoms with van der Waals surface area (Å²) in [6, 6.07) is 12.9. The van der Waals surface area contributed by atoms with Gasteiger partial charge in [0.2, 0.25) is 0 Å². The van der Waals surface area contributed by atoms with Gasteiger partial charge in [-0.05, 0) is 55.7 Å². The van der Waals surface area contributed by atoms with Gasteiger partial charge in [-0.3, -0.25) is 5.41 Å². The van der Waals surface area contributed by atoms with Crippen LogP contribution >= 0.6 is 11.8 Å². The van der Waals surface area contributed by atoms with Crippen molar-refractivity contribution in [1.82, 2.24) is 4.98 Å². The number of hydrogen-bond acceptors (Lipinski definition) is 6. The van der Waals surface area contributed by atoms with E-state index in [1.54, 1.807) is 31.0 Å². The van der Waals surface area contributed by atoms with Gasteiger partial charge < -0.3 is 19.6 Å². The van der Waals surface area contributed by atoms with E-state index in [4.69, 9.17) is 25.0 Å². The number of ether oxygens (including phenoxy) is 2. The first-order valence-electron chi connectivity index (χ1n) is 8.80. The number of aromatic nitrogens is 1. The lowest BCUT2D eigenvalue weighted by atomic mass is 10.2. The summed E-state index contributed by atoms with van der Waals surface area (Å²) in [5.41, 5.74) is 7.74. The molecule has 0 spiro atoms. The standard InChI is InChI=1S/C20H23N3O3S/c1-24-16-9-10-18-17(13-16)23-20(26-18)27-12-4-2-3-11-25-15-7-5-14(6-8-15)19(21)22/h5-10,13H,2-4,11-12H2,1H3,(H3,21,22). The molecule has 2 aromatic carbocycles. The quantitative estimate of drug-likeness (QED) is 0.232. The minimum Gasteiger partial charge on any atom is -0.497 e. The van der Waals surface area contributed by atoms with Gasteiger partial charge in [-0.1, -0.05) is 11.8 Å². The molecule has 0 aliphatic carbocycles. The fourth-order valence-electron chi connectivity index (χ4n) is 2.54. The van der Waals surface area contributed by atoms with Gasteiger partial charge in [0.25, 0.3) is 5.22 Å². The molecule has 0 aliphatic heterocycles. The highest BCUT2D eigenvalue weighted by molar-refractivity contribution is 7.99. The molecule has 7 heteroatoms. The number of benzene rings is 2. The number of nitrogens with two attached hydrogens (primary N) is 1. The second-order valence-corrected chi connectivity index (χ2v) is 7.06. The number of rotatable bonds is 10. The summed E-state index contributed by atoms with van der Waals surface area (Å²) in [6.45, 7) is 0.673. The third-order valence-corrected chi connectivity index (χ3v) is 4.94. The number of thioether (sulfide) groups is 1. The highest BCUT2D eigenvalue weighted by atomic mass is 32.2. The molecular weight excluding hydrogens is 362 g/mol. The molecule has 6 nitrogen and oxygen atoms in total. The Hall–Kier alpha value is -2.67. The molecule has 27 heavy (non-hydrogen) atoms. The van der Waals surface area contributed by atoms with Crippen LogP contribution in [-0.4, -0.2) is 30.3 Å². The first-order chi connectivity index (χ1) is 13.2. The van der Waals surface area contributed by atoms with Crippen molar-refractivity contribution in [2.24, 2.45) is 5.73 Å². The van der Waals surface area contributed by atoms with Crippen LogP contribution in [0.25, 0.3) is 11.1 Å². The lowest BCUT2D eigenvalue weighted by Crippen LogP contribution is -2.10. The zero-order valence-electron chi connectivity index (χ0n) is 15.2. The summed E-state index contributed by atoms with van der Waals surface area (Å²) in [7, 11) is 1.64. The second-order valence-electron chi connectivity index (χ2n) is 6.01. The average Bonchev–Trinajstić information content (AvgIpc) is 3.09. The molecule has 1 aromatic heterocycles. The molecule has 0 atom stereocenters. The van der Waals surface area contributed by atoms with E-state index in [1.165, 1.54) is 0 Å². The van der Waals surface area contributed by atoms with Gasteiger partial charge in [0.1, 0.15) is 22.9 Å². The van der Waals surface area contributed by atoms with E-state index in [9.17, 15) is 0 Å². The van der Waals surface area contributed by atoms with Crippen molar-refractivity contribution < 1.29 is 13.9 Å². The third kappa shape index (κ3) is 5.40. The Kier molecular flexibility index (Phi) is 6.59. The van der Waals surface area contributed by atoms with Crippen molar-refractivity contribution in [1.29, 1.82) is 5.41 Å². The van der Waals surface area contributed by atoms with Crippen LogP contribution in [0.15, 0.2) is 52.1 Å². The van der Waals surface area contributed by atoms with Crippen molar-refractivity contribution >= 4 is 28.7 Å². The molecule has 0 radical (unpaired) electrons. The topological polar surface area (TPSA) is 94.4 Å². The Morgan fingerprint density at radius 3 is 2.63 bits per heavy atom. The van der Waals surface area contributed by atoms with Gasteiger partial charge in [0.15, 0.2) is 5.58 Å². The SMILES string of the molecule is COc1ccc2oc(SCCCCCOc3ccc(C(=N)N)cc3)nc2c1. The van der Waals surface area contributed by atoms with Crippen LogP contribution in [0, 0.1) is 5.41 Å². The van der Waals surface area contributed by atoms with Gasteiger partial charge in [-0.25, -0.2) is 4.98 Å². The zero-order chi connectivity index (χ0) is 19.1. The van der Waals surface area contributed by atoms with Gasteiger partial charge in [-0.15, -0.1) is 0 Å². The molecule has 0 saturated carbocycles. The molecule has 3 N–H and O–H groups in total. The predicted molar refractivity (Wildman–Crippen MR) is 108 cm³/mol. The molecule has 3 aromatic rings. The van der Waals surface area contributed by atoms with Gasteiger partial charge in [-0.2, -0.15) is 0 Å². The molecule has 142 valence electrons. The number of hydrogen-bond donors (Lipinski definition) is 2. The van der Waals surface area contributed by atoms with Gasteiger partial charge in [0, 0.05) is 17.4 Å². The van der Waals surface area contributed by atoms with E-state index in [2.05, 4.69) is 4.98 Å². The Bertz CT molecular complexity index is 893. The highest BCUT2D eigenvalue weighted by Crippen LogP contribution is 2.27. The van der Waals surface area contributed by atoms with Crippen molar-refractivity contribution in [3.8, 4) is 11.5 Å². The van der Waals surface area contributed by atoms with Crippen molar-refractivity contribution in [2.75, 3.05) is 19.5 Å². The number of nitrogen functional groups attached to an aromatic ring is 1. The number of nitrogens with one attached hydrogen (secondary N) is 1.